The smallest absolute Gasteiger partial charge is 0.221 e. The Bertz CT molecular complexity index is 522. The molecule has 0 aliphatic heterocycles. The molecule has 0 fully saturated rings. The number of rotatable bonds is 1. The average Bonchev–Trinajstić information content (AvgIpc) is 2.19. The van der Waals surface area contributed by atoms with Gasteiger partial charge in [-0.15, -0.1) is 0 Å². The van der Waals surface area contributed by atoms with Crippen molar-refractivity contribution in [3.8, 4) is 0 Å². The van der Waals surface area contributed by atoms with Crippen LogP contribution in [0.2, 0.25) is 0 Å². The summed E-state index contributed by atoms with van der Waals surface area (Å²) < 4.78 is 0.909. The van der Waals surface area contributed by atoms with Crippen LogP contribution in [-0.4, -0.2) is 5.91 Å². The van der Waals surface area contributed by atoms with Crippen LogP contribution in [-0.2, 0) is 4.79 Å². The Morgan fingerprint density at radius 1 is 1.33 bits per heavy atom. The van der Waals surface area contributed by atoms with E-state index in [2.05, 4.69) is 27.3 Å². The molecule has 75 valence electrons. The third-order valence-electron chi connectivity index (χ3n) is 2.11. The predicted octanol–water partition coefficient (Wildman–Crippen LogP) is 3.36. The van der Waals surface area contributed by atoms with Crippen LogP contribution in [0.1, 0.15) is 6.92 Å². The summed E-state index contributed by atoms with van der Waals surface area (Å²) in [5.74, 6) is -0.0635. The average molecular weight is 263 g/mol. The van der Waals surface area contributed by atoms with Crippen LogP contribution in [0.25, 0.3) is 10.8 Å². The van der Waals surface area contributed by atoms with Crippen molar-refractivity contribution in [2.45, 2.75) is 6.92 Å². The molecule has 0 spiro atoms. The van der Waals surface area contributed by atoms with Gasteiger partial charge >= 0.3 is 0 Å². The van der Waals surface area contributed by atoms with E-state index >= 15 is 0 Å². The van der Waals surface area contributed by atoms with E-state index in [1.807, 2.05) is 30.3 Å². The van der Waals surface area contributed by atoms with Crippen LogP contribution in [0.5, 0.6) is 0 Å². The number of nitrogens with one attached hydrogen (secondary N) is 1. The molecular weight excluding hydrogens is 254 g/mol. The summed E-state index contributed by atoms with van der Waals surface area (Å²) in [5.41, 5.74) is 0.828. The highest BCUT2D eigenvalue weighted by Crippen LogP contribution is 2.28. The highest BCUT2D eigenvalue weighted by molar-refractivity contribution is 9.10. The van der Waals surface area contributed by atoms with E-state index in [0.29, 0.717) is 0 Å². The summed E-state index contributed by atoms with van der Waals surface area (Å²) in [6, 6.07) is 12.6. The molecule has 0 heterocycles. The normalized spacial score (nSPS) is 10.3. The van der Waals surface area contributed by atoms with E-state index in [-0.39, 0.29) is 5.91 Å². The summed E-state index contributed by atoms with van der Waals surface area (Å²) in [6.45, 7) is 1.50. The molecular formula is C12H9BrNO. The fourth-order valence-corrected chi connectivity index (χ4v) is 1.99. The highest BCUT2D eigenvalue weighted by Gasteiger charge is 2.03. The molecule has 0 saturated heterocycles. The lowest BCUT2D eigenvalue weighted by molar-refractivity contribution is -0.114. The third kappa shape index (κ3) is 2.02. The SMILES string of the molecule is CC(=O)Nc1cccc2c(Br)[c]ccc12. The molecule has 0 bridgehead atoms. The van der Waals surface area contributed by atoms with Crippen molar-refractivity contribution < 1.29 is 4.79 Å². The maximum Gasteiger partial charge on any atom is 0.221 e. The quantitative estimate of drug-likeness (QED) is 0.839. The van der Waals surface area contributed by atoms with Gasteiger partial charge < -0.3 is 5.32 Å². The van der Waals surface area contributed by atoms with Gasteiger partial charge in [0.2, 0.25) is 5.91 Å². The first-order valence-electron chi connectivity index (χ1n) is 4.55. The predicted molar refractivity (Wildman–Crippen MR) is 64.8 cm³/mol. The molecule has 2 aromatic carbocycles. The van der Waals surface area contributed by atoms with E-state index in [1.54, 1.807) is 0 Å². The summed E-state index contributed by atoms with van der Waals surface area (Å²) in [4.78, 5) is 11.0. The number of carbonyl (C=O) groups excluding carboxylic acids is 1. The molecule has 3 heteroatoms. The maximum absolute atomic E-state index is 11.0. The lowest BCUT2D eigenvalue weighted by Crippen LogP contribution is -2.05. The number of anilines is 1. The van der Waals surface area contributed by atoms with E-state index in [1.165, 1.54) is 6.92 Å². The molecule has 2 rings (SSSR count). The van der Waals surface area contributed by atoms with Gasteiger partial charge in [-0.2, -0.15) is 0 Å². The Kier molecular flexibility index (Phi) is 2.73. The monoisotopic (exact) mass is 262 g/mol. The van der Waals surface area contributed by atoms with Gasteiger partial charge in [0.25, 0.3) is 0 Å². The minimum absolute atomic E-state index is 0.0635. The Morgan fingerprint density at radius 3 is 2.87 bits per heavy atom. The van der Waals surface area contributed by atoms with E-state index < -0.39 is 0 Å². The molecule has 0 aromatic heterocycles. The fraction of sp³-hybridized carbons (Fsp3) is 0.0833. The van der Waals surface area contributed by atoms with Crippen LogP contribution in [0.3, 0.4) is 0 Å². The van der Waals surface area contributed by atoms with E-state index in [0.717, 1.165) is 20.9 Å². The summed E-state index contributed by atoms with van der Waals surface area (Å²) in [6.07, 6.45) is 0. The second-order valence-electron chi connectivity index (χ2n) is 3.24. The van der Waals surface area contributed by atoms with Crippen LogP contribution in [0, 0.1) is 6.07 Å². The van der Waals surface area contributed by atoms with E-state index in [4.69, 9.17) is 0 Å². The van der Waals surface area contributed by atoms with Gasteiger partial charge in [0.1, 0.15) is 0 Å². The Morgan fingerprint density at radius 2 is 2.13 bits per heavy atom. The Labute approximate surface area is 96.4 Å². The first-order chi connectivity index (χ1) is 7.18. The number of benzene rings is 2. The van der Waals surface area contributed by atoms with Crippen molar-refractivity contribution in [1.82, 2.24) is 0 Å². The van der Waals surface area contributed by atoms with Gasteiger partial charge in [-0.1, -0.05) is 24.3 Å². The van der Waals surface area contributed by atoms with Gasteiger partial charge in [-0.3, -0.25) is 4.79 Å². The van der Waals surface area contributed by atoms with Crippen molar-refractivity contribution in [3.05, 3.63) is 40.9 Å². The minimum Gasteiger partial charge on any atom is -0.326 e. The molecule has 0 atom stereocenters. The van der Waals surface area contributed by atoms with Gasteiger partial charge in [0.05, 0.1) is 0 Å². The Hall–Kier alpha value is -1.35. The first kappa shape index (κ1) is 10.2. The molecule has 0 unspecified atom stereocenters. The lowest BCUT2D eigenvalue weighted by atomic mass is 10.1. The highest BCUT2D eigenvalue weighted by atomic mass is 79.9. The molecule has 0 aliphatic rings. The molecule has 0 saturated carbocycles. The molecule has 2 aromatic rings. The summed E-state index contributed by atoms with van der Waals surface area (Å²) >= 11 is 3.43. The number of amides is 1. The zero-order chi connectivity index (χ0) is 10.8. The van der Waals surface area contributed by atoms with Gasteiger partial charge in [0.15, 0.2) is 0 Å². The van der Waals surface area contributed by atoms with Crippen LogP contribution in [0.4, 0.5) is 5.69 Å². The second-order valence-corrected chi connectivity index (χ2v) is 4.03. The van der Waals surface area contributed by atoms with Gasteiger partial charge in [-0.05, 0) is 33.4 Å². The summed E-state index contributed by atoms with van der Waals surface area (Å²) in [7, 11) is 0. The lowest BCUT2D eigenvalue weighted by Gasteiger charge is -2.07. The molecule has 1 N–H and O–H groups in total. The molecule has 1 amide bonds. The molecule has 15 heavy (non-hydrogen) atoms. The number of carbonyl (C=O) groups is 1. The molecule has 1 radical (unpaired) electrons. The van der Waals surface area contributed by atoms with Crippen molar-refractivity contribution in [3.63, 3.8) is 0 Å². The molecule has 2 nitrogen and oxygen atoms in total. The number of halogens is 1. The van der Waals surface area contributed by atoms with Crippen molar-refractivity contribution in [2.24, 2.45) is 0 Å². The minimum atomic E-state index is -0.0635. The largest absolute Gasteiger partial charge is 0.326 e. The fourth-order valence-electron chi connectivity index (χ4n) is 1.51. The van der Waals surface area contributed by atoms with Crippen molar-refractivity contribution in [2.75, 3.05) is 5.32 Å². The summed E-state index contributed by atoms with van der Waals surface area (Å²) in [5, 5.41) is 4.86. The topological polar surface area (TPSA) is 29.1 Å². The van der Waals surface area contributed by atoms with Crippen LogP contribution in [0.15, 0.2) is 34.8 Å². The number of hydrogen-bond acceptors (Lipinski definition) is 1. The maximum atomic E-state index is 11.0. The first-order valence-corrected chi connectivity index (χ1v) is 5.34. The molecule has 0 aliphatic carbocycles. The number of hydrogen-bond donors (Lipinski definition) is 1. The van der Waals surface area contributed by atoms with Gasteiger partial charge in [-0.25, -0.2) is 0 Å². The zero-order valence-corrected chi connectivity index (χ0v) is 9.76. The van der Waals surface area contributed by atoms with Crippen LogP contribution >= 0.6 is 15.9 Å². The van der Waals surface area contributed by atoms with Crippen molar-refractivity contribution in [1.29, 1.82) is 0 Å². The number of fused-ring (bicyclic) bond motifs is 1. The van der Waals surface area contributed by atoms with Crippen LogP contribution < -0.4 is 5.32 Å². The standard InChI is InChI=1S/C12H9BrNO/c1-8(15)14-12-7-3-4-9-10(12)5-2-6-11(9)13/h2-5,7H,1H3,(H,14,15). The Balaban J connectivity index is 2.65. The zero-order valence-electron chi connectivity index (χ0n) is 8.17. The third-order valence-corrected chi connectivity index (χ3v) is 2.77. The van der Waals surface area contributed by atoms with Crippen molar-refractivity contribution >= 4 is 38.3 Å². The second kappa shape index (κ2) is 4.03. The van der Waals surface area contributed by atoms with E-state index in [9.17, 15) is 4.79 Å². The van der Waals surface area contributed by atoms with Gasteiger partial charge in [0, 0.05) is 22.5 Å².